The maximum Gasteiger partial charge on any atom is 0.249 e. The lowest BCUT2D eigenvalue weighted by Gasteiger charge is -2.00. The fourth-order valence-electron chi connectivity index (χ4n) is 1.52. The van der Waals surface area contributed by atoms with Crippen LogP contribution in [-0.4, -0.2) is 17.0 Å². The molecule has 0 saturated carbocycles. The van der Waals surface area contributed by atoms with Crippen LogP contribution in [0.5, 0.6) is 5.88 Å². The van der Waals surface area contributed by atoms with Gasteiger partial charge in [0.25, 0.3) is 0 Å². The molecule has 4 heteroatoms. The highest BCUT2D eigenvalue weighted by atomic mass is 16.5. The number of rotatable bonds is 1. The lowest BCUT2D eigenvalue weighted by molar-refractivity contribution is 0.0999. The van der Waals surface area contributed by atoms with Crippen LogP contribution >= 0.6 is 0 Å². The minimum absolute atomic E-state index is 0.0861. The Labute approximate surface area is 75.7 Å². The van der Waals surface area contributed by atoms with Gasteiger partial charge in [-0.05, 0) is 13.0 Å². The highest BCUT2D eigenvalue weighted by Gasteiger charge is 2.24. The van der Waals surface area contributed by atoms with E-state index in [1.165, 1.54) is 6.20 Å². The predicted molar refractivity (Wildman–Crippen MR) is 46.5 cm³/mol. The number of ether oxygens (including phenoxy) is 1. The maximum atomic E-state index is 11.0. The van der Waals surface area contributed by atoms with Crippen molar-refractivity contribution in [2.75, 3.05) is 0 Å². The summed E-state index contributed by atoms with van der Waals surface area (Å²) in [5, 5.41) is 0. The molecule has 0 radical (unpaired) electrons. The summed E-state index contributed by atoms with van der Waals surface area (Å²) in [6.45, 7) is 1.94. The first-order valence-electron chi connectivity index (χ1n) is 4.13. The van der Waals surface area contributed by atoms with Crippen molar-refractivity contribution >= 4 is 5.91 Å². The molecule has 1 aliphatic heterocycles. The third-order valence-electron chi connectivity index (χ3n) is 2.09. The van der Waals surface area contributed by atoms with Crippen molar-refractivity contribution in [1.29, 1.82) is 0 Å². The number of primary amides is 1. The van der Waals surface area contributed by atoms with Crippen molar-refractivity contribution in [2.24, 2.45) is 5.73 Å². The summed E-state index contributed by atoms with van der Waals surface area (Å²) in [6, 6.07) is 1.63. The summed E-state index contributed by atoms with van der Waals surface area (Å²) in [7, 11) is 0. The molecule has 2 N–H and O–H groups in total. The molecule has 1 aliphatic rings. The lowest BCUT2D eigenvalue weighted by atomic mass is 10.1. The topological polar surface area (TPSA) is 65.2 Å². The van der Waals surface area contributed by atoms with Crippen LogP contribution in [0.1, 0.15) is 22.8 Å². The number of carbonyl (C=O) groups excluding carboxylic acids is 1. The van der Waals surface area contributed by atoms with Crippen LogP contribution in [0, 0.1) is 0 Å². The Morgan fingerprint density at radius 3 is 3.23 bits per heavy atom. The van der Waals surface area contributed by atoms with Crippen LogP contribution in [0.15, 0.2) is 12.3 Å². The monoisotopic (exact) mass is 178 g/mol. The number of nitrogens with two attached hydrogens (primary N) is 1. The number of pyridine rings is 1. The van der Waals surface area contributed by atoms with E-state index in [0.717, 1.165) is 5.56 Å². The van der Waals surface area contributed by atoms with E-state index in [4.69, 9.17) is 10.5 Å². The minimum Gasteiger partial charge on any atom is -0.474 e. The van der Waals surface area contributed by atoms with Gasteiger partial charge in [-0.25, -0.2) is 4.98 Å². The van der Waals surface area contributed by atoms with Crippen LogP contribution in [-0.2, 0) is 6.42 Å². The quantitative estimate of drug-likeness (QED) is 0.681. The molecule has 0 aromatic carbocycles. The average molecular weight is 178 g/mol. The van der Waals surface area contributed by atoms with E-state index >= 15 is 0 Å². The molecule has 68 valence electrons. The Morgan fingerprint density at radius 2 is 2.54 bits per heavy atom. The minimum atomic E-state index is -0.420. The van der Waals surface area contributed by atoms with Crippen molar-refractivity contribution in [3.63, 3.8) is 0 Å². The standard InChI is InChI=1S/C9H10N2O2/c1-5-4-7-6(8(10)12)2-3-11-9(7)13-5/h2-3,5H,4H2,1H3,(H2,10,12). The highest BCUT2D eigenvalue weighted by Crippen LogP contribution is 2.28. The Bertz CT molecular complexity index is 363. The zero-order valence-corrected chi connectivity index (χ0v) is 7.28. The number of carbonyl (C=O) groups is 1. The molecular weight excluding hydrogens is 168 g/mol. The molecule has 2 rings (SSSR count). The van der Waals surface area contributed by atoms with Crippen LogP contribution in [0.2, 0.25) is 0 Å². The summed E-state index contributed by atoms with van der Waals surface area (Å²) in [5.74, 6) is 0.125. The van der Waals surface area contributed by atoms with Crippen LogP contribution < -0.4 is 10.5 Å². The van der Waals surface area contributed by atoms with Gasteiger partial charge in [0.05, 0.1) is 0 Å². The van der Waals surface area contributed by atoms with Crippen molar-refractivity contribution in [3.05, 3.63) is 23.4 Å². The molecule has 0 fully saturated rings. The van der Waals surface area contributed by atoms with Crippen LogP contribution in [0.4, 0.5) is 0 Å². The zero-order chi connectivity index (χ0) is 9.42. The first-order valence-corrected chi connectivity index (χ1v) is 4.13. The Morgan fingerprint density at radius 1 is 1.77 bits per heavy atom. The van der Waals surface area contributed by atoms with Gasteiger partial charge in [0, 0.05) is 23.7 Å². The molecule has 0 aliphatic carbocycles. The van der Waals surface area contributed by atoms with E-state index in [2.05, 4.69) is 4.98 Å². The van der Waals surface area contributed by atoms with Gasteiger partial charge in [0.2, 0.25) is 11.8 Å². The number of hydrogen-bond donors (Lipinski definition) is 1. The molecule has 13 heavy (non-hydrogen) atoms. The smallest absolute Gasteiger partial charge is 0.249 e. The summed E-state index contributed by atoms with van der Waals surface area (Å²) in [4.78, 5) is 15.0. The van der Waals surface area contributed by atoms with Gasteiger partial charge in [0.15, 0.2) is 0 Å². The molecule has 0 saturated heterocycles. The van der Waals surface area contributed by atoms with Crippen LogP contribution in [0.3, 0.4) is 0 Å². The Balaban J connectivity index is 2.51. The Hall–Kier alpha value is -1.58. The SMILES string of the molecule is CC1Cc2c(C(N)=O)ccnc2O1. The highest BCUT2D eigenvalue weighted by molar-refractivity contribution is 5.94. The van der Waals surface area contributed by atoms with Gasteiger partial charge in [0.1, 0.15) is 6.10 Å². The number of nitrogens with zero attached hydrogens (tertiary/aromatic N) is 1. The summed E-state index contributed by atoms with van der Waals surface area (Å²) in [5.41, 5.74) is 6.57. The number of hydrogen-bond acceptors (Lipinski definition) is 3. The van der Waals surface area contributed by atoms with Crippen molar-refractivity contribution < 1.29 is 9.53 Å². The van der Waals surface area contributed by atoms with E-state index in [0.29, 0.717) is 17.9 Å². The zero-order valence-electron chi connectivity index (χ0n) is 7.28. The second-order valence-electron chi connectivity index (χ2n) is 3.14. The molecule has 1 aromatic heterocycles. The second kappa shape index (κ2) is 2.73. The molecule has 1 amide bonds. The summed E-state index contributed by atoms with van der Waals surface area (Å²) < 4.78 is 5.38. The molecule has 0 spiro atoms. The number of aromatic nitrogens is 1. The molecule has 1 aromatic rings. The van der Waals surface area contributed by atoms with E-state index in [1.807, 2.05) is 6.92 Å². The molecule has 1 unspecified atom stereocenters. The molecule has 1 atom stereocenters. The van der Waals surface area contributed by atoms with Crippen molar-refractivity contribution in [3.8, 4) is 5.88 Å². The summed E-state index contributed by atoms with van der Waals surface area (Å²) >= 11 is 0. The van der Waals surface area contributed by atoms with Gasteiger partial charge >= 0.3 is 0 Å². The number of amides is 1. The fraction of sp³-hybridized carbons (Fsp3) is 0.333. The second-order valence-corrected chi connectivity index (χ2v) is 3.14. The third kappa shape index (κ3) is 1.24. The molecule has 2 heterocycles. The van der Waals surface area contributed by atoms with Gasteiger partial charge in [-0.2, -0.15) is 0 Å². The van der Waals surface area contributed by atoms with Gasteiger partial charge in [-0.3, -0.25) is 4.79 Å². The lowest BCUT2D eigenvalue weighted by Crippen LogP contribution is -2.13. The molecule has 0 bridgehead atoms. The van der Waals surface area contributed by atoms with Gasteiger partial charge < -0.3 is 10.5 Å². The van der Waals surface area contributed by atoms with Crippen LogP contribution in [0.25, 0.3) is 0 Å². The maximum absolute atomic E-state index is 11.0. The van der Waals surface area contributed by atoms with E-state index in [1.54, 1.807) is 6.07 Å². The third-order valence-corrected chi connectivity index (χ3v) is 2.09. The van der Waals surface area contributed by atoms with Gasteiger partial charge in [-0.1, -0.05) is 0 Å². The van der Waals surface area contributed by atoms with E-state index < -0.39 is 5.91 Å². The van der Waals surface area contributed by atoms with E-state index in [-0.39, 0.29) is 6.10 Å². The van der Waals surface area contributed by atoms with E-state index in [9.17, 15) is 4.79 Å². The average Bonchev–Trinajstić information content (AvgIpc) is 2.43. The van der Waals surface area contributed by atoms with Crippen molar-refractivity contribution in [2.45, 2.75) is 19.4 Å². The normalized spacial score (nSPS) is 19.3. The first-order chi connectivity index (χ1) is 6.18. The molecular formula is C9H10N2O2. The van der Waals surface area contributed by atoms with Crippen molar-refractivity contribution in [1.82, 2.24) is 4.98 Å². The first kappa shape index (κ1) is 8.04. The predicted octanol–water partition coefficient (Wildman–Crippen LogP) is 0.504. The molecule has 4 nitrogen and oxygen atoms in total. The number of fused-ring (bicyclic) bond motifs is 1. The summed E-state index contributed by atoms with van der Waals surface area (Å²) in [6.07, 6.45) is 2.33. The van der Waals surface area contributed by atoms with Gasteiger partial charge in [-0.15, -0.1) is 0 Å². The fourth-order valence-corrected chi connectivity index (χ4v) is 1.52. The Kier molecular flexibility index (Phi) is 1.69. The largest absolute Gasteiger partial charge is 0.474 e.